The normalized spacial score (nSPS) is 19.8. The van der Waals surface area contributed by atoms with Crippen LogP contribution >= 0.6 is 23.3 Å². The SMILES string of the molecule is NC(CC1CCCCC1)P(=O)(O)C/C(=C/c1ccc(F)c(Br)c1)C(=O)O. The number of hydrogen-bond donors (Lipinski definition) is 3. The summed E-state index contributed by atoms with van der Waals surface area (Å²) < 4.78 is 26.2. The molecule has 0 spiro atoms. The predicted molar refractivity (Wildman–Crippen MR) is 104 cm³/mol. The lowest BCUT2D eigenvalue weighted by Gasteiger charge is -2.27. The summed E-state index contributed by atoms with van der Waals surface area (Å²) in [4.78, 5) is 21.9. The molecular formula is C18H24BrFNO4P. The molecule has 0 saturated heterocycles. The van der Waals surface area contributed by atoms with Gasteiger partial charge in [-0.1, -0.05) is 38.2 Å². The molecule has 144 valence electrons. The molecule has 1 aromatic rings. The summed E-state index contributed by atoms with van der Waals surface area (Å²) in [6.45, 7) is 0. The van der Waals surface area contributed by atoms with Crippen molar-refractivity contribution < 1.29 is 23.7 Å². The molecule has 2 rings (SSSR count). The van der Waals surface area contributed by atoms with Crippen molar-refractivity contribution in [2.75, 3.05) is 6.16 Å². The summed E-state index contributed by atoms with van der Waals surface area (Å²) in [5.74, 6) is -2.37. The maximum absolute atomic E-state index is 13.3. The van der Waals surface area contributed by atoms with Crippen molar-refractivity contribution in [2.45, 2.75) is 44.3 Å². The van der Waals surface area contributed by atoms with Gasteiger partial charge in [-0.3, -0.25) is 4.57 Å². The highest BCUT2D eigenvalue weighted by Gasteiger charge is 2.33. The van der Waals surface area contributed by atoms with Crippen LogP contribution in [0.5, 0.6) is 0 Å². The van der Waals surface area contributed by atoms with Crippen LogP contribution in [0.4, 0.5) is 4.39 Å². The van der Waals surface area contributed by atoms with Crippen LogP contribution in [0.15, 0.2) is 28.2 Å². The second-order valence-corrected chi connectivity index (χ2v) is 10.2. The van der Waals surface area contributed by atoms with E-state index >= 15 is 0 Å². The van der Waals surface area contributed by atoms with Crippen LogP contribution in [0.25, 0.3) is 6.08 Å². The van der Waals surface area contributed by atoms with E-state index in [0.717, 1.165) is 25.7 Å². The minimum absolute atomic E-state index is 0.192. The molecule has 1 aliphatic rings. The van der Waals surface area contributed by atoms with E-state index < -0.39 is 31.1 Å². The van der Waals surface area contributed by atoms with Crippen molar-refractivity contribution in [1.82, 2.24) is 0 Å². The summed E-state index contributed by atoms with van der Waals surface area (Å²) in [7, 11) is -3.88. The molecule has 8 heteroatoms. The summed E-state index contributed by atoms with van der Waals surface area (Å²) >= 11 is 3.04. The van der Waals surface area contributed by atoms with Crippen LogP contribution in [0.2, 0.25) is 0 Å². The molecular weight excluding hydrogens is 424 g/mol. The van der Waals surface area contributed by atoms with Gasteiger partial charge in [-0.25, -0.2) is 9.18 Å². The fourth-order valence-corrected chi connectivity index (χ4v) is 5.24. The number of carboxylic acid groups (broad SMARTS) is 1. The minimum Gasteiger partial charge on any atom is -0.478 e. The molecule has 2 atom stereocenters. The fourth-order valence-electron chi connectivity index (χ4n) is 3.27. The highest BCUT2D eigenvalue weighted by molar-refractivity contribution is 9.10. The van der Waals surface area contributed by atoms with Crippen LogP contribution in [0.1, 0.15) is 44.1 Å². The fraction of sp³-hybridized carbons (Fsp3) is 0.500. The monoisotopic (exact) mass is 447 g/mol. The molecule has 0 heterocycles. The van der Waals surface area contributed by atoms with Gasteiger partial charge >= 0.3 is 5.97 Å². The highest BCUT2D eigenvalue weighted by atomic mass is 79.9. The largest absolute Gasteiger partial charge is 0.478 e. The average molecular weight is 448 g/mol. The van der Waals surface area contributed by atoms with E-state index in [2.05, 4.69) is 15.9 Å². The lowest BCUT2D eigenvalue weighted by molar-refractivity contribution is -0.132. The molecule has 1 saturated carbocycles. The van der Waals surface area contributed by atoms with E-state index in [9.17, 15) is 23.7 Å². The number of halogens is 2. The van der Waals surface area contributed by atoms with E-state index in [0.29, 0.717) is 17.9 Å². The smallest absolute Gasteiger partial charge is 0.332 e. The van der Waals surface area contributed by atoms with Crippen molar-refractivity contribution in [3.8, 4) is 0 Å². The van der Waals surface area contributed by atoms with Crippen LogP contribution in [-0.2, 0) is 9.36 Å². The van der Waals surface area contributed by atoms with Gasteiger partial charge in [-0.2, -0.15) is 0 Å². The zero-order valence-corrected chi connectivity index (χ0v) is 16.9. The Morgan fingerprint density at radius 3 is 2.62 bits per heavy atom. The molecule has 0 amide bonds. The molecule has 4 N–H and O–H groups in total. The molecule has 0 aliphatic heterocycles. The number of carboxylic acids is 1. The van der Waals surface area contributed by atoms with Crippen molar-refractivity contribution in [1.29, 1.82) is 0 Å². The van der Waals surface area contributed by atoms with Gasteiger partial charge in [0.2, 0.25) is 7.37 Å². The van der Waals surface area contributed by atoms with Gasteiger partial charge in [-0.15, -0.1) is 0 Å². The molecule has 2 unspecified atom stereocenters. The van der Waals surface area contributed by atoms with Crippen LogP contribution in [0.3, 0.4) is 0 Å². The van der Waals surface area contributed by atoms with Gasteiger partial charge in [0.25, 0.3) is 0 Å². The number of aliphatic carboxylic acids is 1. The molecule has 1 aromatic carbocycles. The summed E-state index contributed by atoms with van der Waals surface area (Å²) in [5, 5.41) is 9.40. The summed E-state index contributed by atoms with van der Waals surface area (Å²) in [6.07, 6.45) is 6.59. The second kappa shape index (κ2) is 9.27. The first-order valence-electron chi connectivity index (χ1n) is 8.65. The number of hydrogen-bond acceptors (Lipinski definition) is 3. The number of nitrogens with two attached hydrogens (primary N) is 1. The second-order valence-electron chi connectivity index (χ2n) is 6.87. The van der Waals surface area contributed by atoms with E-state index in [1.165, 1.54) is 30.7 Å². The molecule has 1 fully saturated rings. The van der Waals surface area contributed by atoms with Crippen LogP contribution in [0, 0.1) is 11.7 Å². The van der Waals surface area contributed by atoms with Gasteiger partial charge in [0.1, 0.15) is 5.82 Å². The Kier molecular flexibility index (Phi) is 7.59. The van der Waals surface area contributed by atoms with Gasteiger partial charge in [0, 0.05) is 5.57 Å². The first kappa shape index (κ1) is 21.3. The third-order valence-corrected chi connectivity index (χ3v) is 7.42. The zero-order valence-electron chi connectivity index (χ0n) is 14.4. The number of carbonyl (C=O) groups is 1. The Morgan fingerprint density at radius 1 is 1.38 bits per heavy atom. The maximum Gasteiger partial charge on any atom is 0.332 e. The van der Waals surface area contributed by atoms with Gasteiger partial charge in [0.15, 0.2) is 0 Å². The maximum atomic E-state index is 13.3. The van der Waals surface area contributed by atoms with Crippen molar-refractivity contribution in [2.24, 2.45) is 11.7 Å². The third kappa shape index (κ3) is 6.02. The van der Waals surface area contributed by atoms with E-state index in [4.69, 9.17) is 5.73 Å². The molecule has 0 radical (unpaired) electrons. The number of benzene rings is 1. The third-order valence-electron chi connectivity index (χ3n) is 4.77. The Bertz CT molecular complexity index is 734. The Hall–Kier alpha value is -1.01. The van der Waals surface area contributed by atoms with E-state index in [1.54, 1.807) is 0 Å². The predicted octanol–water partition coefficient (Wildman–Crippen LogP) is 4.58. The Balaban J connectivity index is 2.13. The topological polar surface area (TPSA) is 101 Å². The van der Waals surface area contributed by atoms with E-state index in [-0.39, 0.29) is 10.0 Å². The summed E-state index contributed by atoms with van der Waals surface area (Å²) in [6, 6.07) is 4.03. The van der Waals surface area contributed by atoms with Gasteiger partial charge in [-0.05, 0) is 52.0 Å². The standard InChI is InChI=1S/C18H24BrFNO4P/c19-15-9-13(6-7-16(15)20)8-14(18(22)23)11-26(24,25)17(21)10-12-4-2-1-3-5-12/h6-9,12,17H,1-5,10-11,21H2,(H,22,23)(H,24,25)/b14-8-. The first-order valence-corrected chi connectivity index (χ1v) is 11.4. The molecule has 26 heavy (non-hydrogen) atoms. The molecule has 1 aliphatic carbocycles. The Labute approximate surface area is 161 Å². The van der Waals surface area contributed by atoms with E-state index in [1.807, 2.05) is 0 Å². The Morgan fingerprint density at radius 2 is 2.04 bits per heavy atom. The van der Waals surface area contributed by atoms with Crippen molar-refractivity contribution in [3.05, 3.63) is 39.6 Å². The lowest BCUT2D eigenvalue weighted by Crippen LogP contribution is -2.27. The zero-order chi connectivity index (χ0) is 19.3. The van der Waals surface area contributed by atoms with Crippen LogP contribution in [-0.4, -0.2) is 27.9 Å². The minimum atomic E-state index is -3.88. The molecule has 0 bridgehead atoms. The molecule has 5 nitrogen and oxygen atoms in total. The van der Waals surface area contributed by atoms with Gasteiger partial charge < -0.3 is 15.7 Å². The van der Waals surface area contributed by atoms with Gasteiger partial charge in [0.05, 0.1) is 16.4 Å². The quantitative estimate of drug-likeness (QED) is 0.419. The molecule has 0 aromatic heterocycles. The number of rotatable bonds is 7. The summed E-state index contributed by atoms with van der Waals surface area (Å²) in [5.41, 5.74) is 6.19. The van der Waals surface area contributed by atoms with Crippen molar-refractivity contribution >= 4 is 35.3 Å². The highest BCUT2D eigenvalue weighted by Crippen LogP contribution is 2.49. The first-order chi connectivity index (χ1) is 12.2. The van der Waals surface area contributed by atoms with Crippen molar-refractivity contribution in [3.63, 3.8) is 0 Å². The van der Waals surface area contributed by atoms with Crippen LogP contribution < -0.4 is 5.73 Å². The average Bonchev–Trinajstić information content (AvgIpc) is 2.58. The lowest BCUT2D eigenvalue weighted by atomic mass is 9.87.